The summed E-state index contributed by atoms with van der Waals surface area (Å²) in [5.74, 6) is 0.712. The maximum Gasteiger partial charge on any atom is 0.254 e. The van der Waals surface area contributed by atoms with E-state index in [1.807, 2.05) is 6.92 Å². The Hall–Kier alpha value is -1.16. The van der Waals surface area contributed by atoms with E-state index in [2.05, 4.69) is 28.7 Å². The molecule has 0 fully saturated rings. The van der Waals surface area contributed by atoms with Gasteiger partial charge in [0.1, 0.15) is 5.82 Å². The molecule has 0 saturated heterocycles. The molecular weight excluding hydrogens is 190 g/mol. The lowest BCUT2D eigenvalue weighted by molar-refractivity contribution is 0.199. The quantitative estimate of drug-likeness (QED) is 0.742. The molecule has 0 saturated carbocycles. The molecule has 4 nitrogen and oxygen atoms in total. The number of hydrogen-bond acceptors (Lipinski definition) is 3. The summed E-state index contributed by atoms with van der Waals surface area (Å²) in [7, 11) is 0. The minimum absolute atomic E-state index is 0.0425. The first-order valence-electron chi connectivity index (χ1n) is 5.40. The summed E-state index contributed by atoms with van der Waals surface area (Å²) in [6, 6.07) is 0.513. The highest BCUT2D eigenvalue weighted by Gasteiger charge is 2.21. The Morgan fingerprint density at radius 3 is 2.87 bits per heavy atom. The van der Waals surface area contributed by atoms with Crippen LogP contribution < -0.4 is 5.56 Å². The molecule has 0 atom stereocenters. The number of nitrogens with zero attached hydrogens (tertiary/aromatic N) is 2. The van der Waals surface area contributed by atoms with Gasteiger partial charge in [0.25, 0.3) is 5.56 Å². The van der Waals surface area contributed by atoms with Gasteiger partial charge in [-0.3, -0.25) is 9.69 Å². The molecule has 1 N–H and O–H groups in total. The standard InChI is InChI=1S/C11H17N3O/c1-7(2)14-5-4-9-10(6-14)12-8(3)13-11(9)15/h7H,4-6H2,1-3H3,(H,12,13,15). The fourth-order valence-corrected chi connectivity index (χ4v) is 2.02. The van der Waals surface area contributed by atoms with Gasteiger partial charge in [-0.25, -0.2) is 4.98 Å². The molecule has 1 aromatic rings. The fraction of sp³-hybridized carbons (Fsp3) is 0.636. The van der Waals surface area contributed by atoms with Crippen LogP contribution >= 0.6 is 0 Å². The van der Waals surface area contributed by atoms with Crippen LogP contribution in [-0.2, 0) is 13.0 Å². The van der Waals surface area contributed by atoms with Crippen LogP contribution in [0.5, 0.6) is 0 Å². The molecule has 0 radical (unpaired) electrons. The van der Waals surface area contributed by atoms with Crippen LogP contribution in [0.1, 0.15) is 30.9 Å². The molecule has 0 bridgehead atoms. The van der Waals surface area contributed by atoms with Gasteiger partial charge in [0.15, 0.2) is 0 Å². The van der Waals surface area contributed by atoms with Crippen molar-refractivity contribution in [2.45, 2.75) is 39.8 Å². The fourth-order valence-electron chi connectivity index (χ4n) is 2.02. The third-order valence-electron chi connectivity index (χ3n) is 2.95. The van der Waals surface area contributed by atoms with E-state index in [9.17, 15) is 4.79 Å². The maximum absolute atomic E-state index is 11.6. The van der Waals surface area contributed by atoms with E-state index in [4.69, 9.17) is 0 Å². The van der Waals surface area contributed by atoms with E-state index in [1.165, 1.54) is 0 Å². The maximum atomic E-state index is 11.6. The number of rotatable bonds is 1. The van der Waals surface area contributed by atoms with Crippen LogP contribution in [0.25, 0.3) is 0 Å². The van der Waals surface area contributed by atoms with Crippen LogP contribution in [0.2, 0.25) is 0 Å². The number of fused-ring (bicyclic) bond motifs is 1. The highest BCUT2D eigenvalue weighted by molar-refractivity contribution is 5.20. The zero-order valence-electron chi connectivity index (χ0n) is 9.50. The molecule has 1 aliphatic rings. The summed E-state index contributed by atoms with van der Waals surface area (Å²) < 4.78 is 0. The third-order valence-corrected chi connectivity index (χ3v) is 2.95. The van der Waals surface area contributed by atoms with Crippen molar-refractivity contribution in [3.63, 3.8) is 0 Å². The Labute approximate surface area is 89.3 Å². The van der Waals surface area contributed by atoms with E-state index in [0.29, 0.717) is 11.9 Å². The van der Waals surface area contributed by atoms with E-state index in [-0.39, 0.29) is 5.56 Å². The van der Waals surface area contributed by atoms with Gasteiger partial charge in [0.05, 0.1) is 5.69 Å². The molecule has 0 unspecified atom stereocenters. The number of aryl methyl sites for hydroxylation is 1. The van der Waals surface area contributed by atoms with E-state index < -0.39 is 0 Å². The summed E-state index contributed by atoms with van der Waals surface area (Å²) in [4.78, 5) is 21.2. The summed E-state index contributed by atoms with van der Waals surface area (Å²) >= 11 is 0. The lowest BCUT2D eigenvalue weighted by Crippen LogP contribution is -2.39. The van der Waals surface area contributed by atoms with Crippen molar-refractivity contribution in [3.05, 3.63) is 27.4 Å². The van der Waals surface area contributed by atoms with Gasteiger partial charge in [0, 0.05) is 24.7 Å². The Morgan fingerprint density at radius 1 is 1.47 bits per heavy atom. The molecule has 0 amide bonds. The van der Waals surface area contributed by atoms with Crippen LogP contribution in [0.3, 0.4) is 0 Å². The first-order valence-corrected chi connectivity index (χ1v) is 5.40. The molecule has 0 spiro atoms. The normalized spacial score (nSPS) is 16.8. The third kappa shape index (κ3) is 1.95. The summed E-state index contributed by atoms with van der Waals surface area (Å²) in [6.45, 7) is 7.93. The van der Waals surface area contributed by atoms with Crippen molar-refractivity contribution >= 4 is 0 Å². The van der Waals surface area contributed by atoms with Crippen molar-refractivity contribution in [2.24, 2.45) is 0 Å². The molecule has 1 aliphatic heterocycles. The highest BCUT2D eigenvalue weighted by Crippen LogP contribution is 2.15. The smallest absolute Gasteiger partial charge is 0.254 e. The second kappa shape index (κ2) is 3.77. The second-order valence-electron chi connectivity index (χ2n) is 4.39. The lowest BCUT2D eigenvalue weighted by atomic mass is 10.1. The molecular formula is C11H17N3O. The lowest BCUT2D eigenvalue weighted by Gasteiger charge is -2.30. The van der Waals surface area contributed by atoms with Crippen LogP contribution in [-0.4, -0.2) is 27.5 Å². The summed E-state index contributed by atoms with van der Waals surface area (Å²) in [6.07, 6.45) is 0.816. The predicted octanol–water partition coefficient (Wildman–Crippen LogP) is 0.845. The van der Waals surface area contributed by atoms with E-state index in [0.717, 1.165) is 30.8 Å². The van der Waals surface area contributed by atoms with Gasteiger partial charge in [0.2, 0.25) is 0 Å². The van der Waals surface area contributed by atoms with Gasteiger partial charge in [-0.1, -0.05) is 0 Å². The minimum atomic E-state index is 0.0425. The Morgan fingerprint density at radius 2 is 2.20 bits per heavy atom. The van der Waals surface area contributed by atoms with Crippen molar-refractivity contribution in [2.75, 3.05) is 6.54 Å². The molecule has 0 aromatic carbocycles. The predicted molar refractivity (Wildman–Crippen MR) is 58.8 cm³/mol. The van der Waals surface area contributed by atoms with Crippen LogP contribution in [0.15, 0.2) is 4.79 Å². The average molecular weight is 207 g/mol. The summed E-state index contributed by atoms with van der Waals surface area (Å²) in [5.41, 5.74) is 1.87. The number of aromatic amines is 1. The zero-order valence-corrected chi connectivity index (χ0v) is 9.50. The van der Waals surface area contributed by atoms with Gasteiger partial charge in [-0.15, -0.1) is 0 Å². The van der Waals surface area contributed by atoms with Gasteiger partial charge >= 0.3 is 0 Å². The Kier molecular flexibility index (Phi) is 2.61. The number of H-pyrrole nitrogens is 1. The van der Waals surface area contributed by atoms with Gasteiger partial charge in [-0.2, -0.15) is 0 Å². The first-order chi connectivity index (χ1) is 7.08. The van der Waals surface area contributed by atoms with Gasteiger partial charge in [-0.05, 0) is 27.2 Å². The molecule has 2 rings (SSSR count). The molecule has 15 heavy (non-hydrogen) atoms. The monoisotopic (exact) mass is 207 g/mol. The Bertz CT molecular complexity index is 422. The molecule has 4 heteroatoms. The number of hydrogen-bond donors (Lipinski definition) is 1. The molecule has 2 heterocycles. The van der Waals surface area contributed by atoms with E-state index in [1.54, 1.807) is 0 Å². The SMILES string of the molecule is Cc1nc2c(c(=O)[nH]1)CCN(C(C)C)C2. The zero-order chi connectivity index (χ0) is 11.0. The number of aromatic nitrogens is 2. The van der Waals surface area contributed by atoms with Crippen LogP contribution in [0.4, 0.5) is 0 Å². The molecule has 1 aromatic heterocycles. The minimum Gasteiger partial charge on any atom is -0.311 e. The molecule has 82 valence electrons. The van der Waals surface area contributed by atoms with Crippen molar-refractivity contribution in [1.29, 1.82) is 0 Å². The largest absolute Gasteiger partial charge is 0.311 e. The van der Waals surface area contributed by atoms with Crippen LogP contribution in [0, 0.1) is 6.92 Å². The van der Waals surface area contributed by atoms with Crippen molar-refractivity contribution in [3.8, 4) is 0 Å². The van der Waals surface area contributed by atoms with E-state index >= 15 is 0 Å². The summed E-state index contributed by atoms with van der Waals surface area (Å²) in [5, 5.41) is 0. The first kappa shape index (κ1) is 10.4. The second-order valence-corrected chi connectivity index (χ2v) is 4.39. The van der Waals surface area contributed by atoms with Crippen molar-refractivity contribution in [1.82, 2.24) is 14.9 Å². The topological polar surface area (TPSA) is 49.0 Å². The highest BCUT2D eigenvalue weighted by atomic mass is 16.1. The number of nitrogens with one attached hydrogen (secondary N) is 1. The molecule has 0 aliphatic carbocycles. The average Bonchev–Trinajstić information content (AvgIpc) is 2.16. The van der Waals surface area contributed by atoms with Crippen molar-refractivity contribution < 1.29 is 0 Å². The Balaban J connectivity index is 2.37. The van der Waals surface area contributed by atoms with Gasteiger partial charge < -0.3 is 4.98 Å².